The van der Waals surface area contributed by atoms with Gasteiger partial charge in [0.1, 0.15) is 73.2 Å². The average molecular weight is 1030 g/mol. The van der Waals surface area contributed by atoms with E-state index in [1.54, 1.807) is 0 Å². The second kappa shape index (κ2) is 37.5. The molecule has 1 amide bonds. The summed E-state index contributed by atoms with van der Waals surface area (Å²) in [6.07, 6.45) is 5.02. The molecule has 3 rings (SSSR count). The lowest BCUT2D eigenvalue weighted by atomic mass is 9.96. The summed E-state index contributed by atoms with van der Waals surface area (Å²) >= 11 is 0. The Balaban J connectivity index is 1.50. The van der Waals surface area contributed by atoms with Crippen molar-refractivity contribution in [2.75, 3.05) is 26.4 Å². The lowest BCUT2D eigenvalue weighted by molar-refractivity contribution is -0.379. The van der Waals surface area contributed by atoms with Crippen LogP contribution in [0.3, 0.4) is 0 Å². The molecule has 3 heterocycles. The molecular weight excluding hydrogens is 927 g/mol. The van der Waals surface area contributed by atoms with E-state index < -0.39 is 124 Å². The van der Waals surface area contributed by atoms with Crippen molar-refractivity contribution in [2.24, 2.45) is 0 Å². The van der Waals surface area contributed by atoms with Crippen LogP contribution in [-0.2, 0) is 33.2 Å². The number of amides is 1. The summed E-state index contributed by atoms with van der Waals surface area (Å²) in [5.74, 6) is -0.243. The molecule has 0 aromatic rings. The van der Waals surface area contributed by atoms with Crippen LogP contribution in [0.4, 0.5) is 0 Å². The first kappa shape index (κ1) is 64.1. The average Bonchev–Trinajstić information content (AvgIpc) is 3.36. The molecule has 3 aliphatic rings. The molecule has 3 fully saturated rings. The molecule has 3 saturated heterocycles. The van der Waals surface area contributed by atoms with Crippen LogP contribution in [0.15, 0.2) is 0 Å². The van der Waals surface area contributed by atoms with E-state index in [4.69, 9.17) is 28.4 Å². The smallest absolute Gasteiger partial charge is 0.220 e. The van der Waals surface area contributed by atoms with Crippen LogP contribution in [0.5, 0.6) is 0 Å². The lowest BCUT2D eigenvalue weighted by Gasteiger charge is -2.48. The number of aliphatic hydroxyl groups is 11. The highest BCUT2D eigenvalue weighted by Crippen LogP contribution is 2.33. The minimum atomic E-state index is -1.97. The molecule has 0 aliphatic carbocycles. The summed E-state index contributed by atoms with van der Waals surface area (Å²) < 4.78 is 34.2. The number of nitrogens with one attached hydrogen (secondary N) is 1. The van der Waals surface area contributed by atoms with Crippen LogP contribution >= 0.6 is 0 Å². The first-order valence-corrected chi connectivity index (χ1v) is 27.8. The number of carbonyl (C=O) groups excluding carboxylic acids is 1. The summed E-state index contributed by atoms with van der Waals surface area (Å²) in [6, 6.07) is -0.877. The van der Waals surface area contributed by atoms with Crippen molar-refractivity contribution in [3.63, 3.8) is 0 Å². The third-order valence-electron chi connectivity index (χ3n) is 14.4. The standard InChI is InChI=1S/C52H99NO18/c1-3-5-7-9-11-13-14-15-16-17-18-19-20-22-24-26-28-30-40(58)53-35(36(57)29-27-25-23-21-12-10-8-6-4-2)34-66-50-46(64)43(61)48(38(32-55)68-50)71-52-47(65)44(62)49(39(33-56)69-52)70-51-45(63)42(60)41(59)37(31-54)67-51/h35-39,41-52,54-57,59-65H,3-34H2,1-2H3,(H,53,58). The first-order valence-electron chi connectivity index (χ1n) is 27.8. The minimum Gasteiger partial charge on any atom is -0.394 e. The van der Waals surface area contributed by atoms with Crippen LogP contribution in [0, 0.1) is 0 Å². The number of rotatable bonds is 40. The zero-order chi connectivity index (χ0) is 52.0. The summed E-state index contributed by atoms with van der Waals surface area (Å²) in [5.41, 5.74) is 0. The second-order valence-electron chi connectivity index (χ2n) is 20.4. The maximum atomic E-state index is 13.3. The van der Waals surface area contributed by atoms with Crippen molar-refractivity contribution in [3.05, 3.63) is 0 Å². The van der Waals surface area contributed by atoms with Gasteiger partial charge in [-0.05, 0) is 12.8 Å². The third kappa shape index (κ3) is 22.9. The molecule has 17 atom stereocenters. The Kier molecular flexibility index (Phi) is 33.9. The normalized spacial score (nSPS) is 32.2. The molecule has 12 N–H and O–H groups in total. The van der Waals surface area contributed by atoms with Crippen molar-refractivity contribution >= 4 is 5.91 Å². The molecule has 19 nitrogen and oxygen atoms in total. The Labute approximate surface area is 423 Å². The monoisotopic (exact) mass is 1030 g/mol. The lowest BCUT2D eigenvalue weighted by Crippen LogP contribution is -2.66. The van der Waals surface area contributed by atoms with Gasteiger partial charge in [0.25, 0.3) is 0 Å². The van der Waals surface area contributed by atoms with Gasteiger partial charge in [-0.15, -0.1) is 0 Å². The molecule has 19 heteroatoms. The maximum absolute atomic E-state index is 13.3. The van der Waals surface area contributed by atoms with Gasteiger partial charge < -0.3 is 89.9 Å². The van der Waals surface area contributed by atoms with Gasteiger partial charge in [-0.3, -0.25) is 4.79 Å². The van der Waals surface area contributed by atoms with Crippen molar-refractivity contribution < 1.29 is 89.4 Å². The van der Waals surface area contributed by atoms with Crippen LogP contribution in [0.2, 0.25) is 0 Å². The predicted octanol–water partition coefficient (Wildman–Crippen LogP) is 3.26. The van der Waals surface area contributed by atoms with E-state index in [9.17, 15) is 61.0 Å². The summed E-state index contributed by atoms with van der Waals surface area (Å²) in [4.78, 5) is 13.3. The highest BCUT2D eigenvalue weighted by molar-refractivity contribution is 5.76. The Hall–Kier alpha value is -1.21. The molecule has 0 aromatic heterocycles. The summed E-state index contributed by atoms with van der Waals surface area (Å²) in [7, 11) is 0. The largest absolute Gasteiger partial charge is 0.394 e. The molecule has 71 heavy (non-hydrogen) atoms. The fraction of sp³-hybridized carbons (Fsp3) is 0.981. The Morgan fingerprint density at radius 1 is 0.451 bits per heavy atom. The first-order chi connectivity index (χ1) is 34.3. The van der Waals surface area contributed by atoms with Crippen LogP contribution in [-0.4, -0.2) is 193 Å². The van der Waals surface area contributed by atoms with Crippen molar-refractivity contribution in [1.29, 1.82) is 0 Å². The Bertz CT molecular complexity index is 1320. The van der Waals surface area contributed by atoms with E-state index in [1.165, 1.54) is 116 Å². The fourth-order valence-corrected chi connectivity index (χ4v) is 9.78. The van der Waals surface area contributed by atoms with Crippen LogP contribution in [0.25, 0.3) is 0 Å². The van der Waals surface area contributed by atoms with Crippen molar-refractivity contribution in [2.45, 2.75) is 298 Å². The maximum Gasteiger partial charge on any atom is 0.220 e. The number of ether oxygens (including phenoxy) is 6. The molecule has 0 bridgehead atoms. The molecular formula is C52H99NO18. The molecule has 17 unspecified atom stereocenters. The summed E-state index contributed by atoms with van der Waals surface area (Å²) in [5, 5.41) is 120. The van der Waals surface area contributed by atoms with E-state index in [-0.39, 0.29) is 18.9 Å². The zero-order valence-electron chi connectivity index (χ0n) is 43.2. The molecule has 420 valence electrons. The van der Waals surface area contributed by atoms with Gasteiger partial charge in [0.2, 0.25) is 5.91 Å². The van der Waals surface area contributed by atoms with Gasteiger partial charge in [-0.25, -0.2) is 0 Å². The van der Waals surface area contributed by atoms with E-state index in [1.807, 2.05) is 0 Å². The Morgan fingerprint density at radius 2 is 0.803 bits per heavy atom. The SMILES string of the molecule is CCCCCCCCCCCCCCCCCCCC(=O)NC(COC1OC(CO)C(OC2OC(CO)C(OC3OC(CO)C(O)C(O)C3O)C(O)C2O)C(O)C1O)C(O)CCCCCCCCCCC. The van der Waals surface area contributed by atoms with Gasteiger partial charge in [-0.1, -0.05) is 174 Å². The van der Waals surface area contributed by atoms with E-state index in [0.29, 0.717) is 12.8 Å². The molecule has 0 saturated carbocycles. The van der Waals surface area contributed by atoms with Gasteiger partial charge >= 0.3 is 0 Å². The summed E-state index contributed by atoms with van der Waals surface area (Å²) in [6.45, 7) is 1.75. The Morgan fingerprint density at radius 3 is 1.23 bits per heavy atom. The number of carbonyl (C=O) groups is 1. The van der Waals surface area contributed by atoms with E-state index in [0.717, 1.165) is 44.9 Å². The topological polar surface area (TPSA) is 307 Å². The highest BCUT2D eigenvalue weighted by Gasteiger charge is 2.53. The third-order valence-corrected chi connectivity index (χ3v) is 14.4. The predicted molar refractivity (Wildman–Crippen MR) is 264 cm³/mol. The quantitative estimate of drug-likeness (QED) is 0.0392. The molecule has 3 aliphatic heterocycles. The van der Waals surface area contributed by atoms with Gasteiger partial charge in [0, 0.05) is 6.42 Å². The van der Waals surface area contributed by atoms with Crippen LogP contribution in [0.1, 0.15) is 194 Å². The van der Waals surface area contributed by atoms with Gasteiger partial charge in [0.05, 0.1) is 38.6 Å². The fourth-order valence-electron chi connectivity index (χ4n) is 9.78. The second-order valence-corrected chi connectivity index (χ2v) is 20.4. The van der Waals surface area contributed by atoms with Crippen molar-refractivity contribution in [3.8, 4) is 0 Å². The number of aliphatic hydroxyl groups excluding tert-OH is 11. The molecule has 0 aromatic carbocycles. The van der Waals surface area contributed by atoms with Crippen molar-refractivity contribution in [1.82, 2.24) is 5.32 Å². The van der Waals surface area contributed by atoms with Gasteiger partial charge in [-0.2, -0.15) is 0 Å². The molecule has 0 radical (unpaired) electrons. The van der Waals surface area contributed by atoms with E-state index >= 15 is 0 Å². The van der Waals surface area contributed by atoms with Crippen LogP contribution < -0.4 is 5.32 Å². The molecule has 0 spiro atoms. The minimum absolute atomic E-state index is 0.243. The number of hydrogen-bond acceptors (Lipinski definition) is 18. The van der Waals surface area contributed by atoms with Gasteiger partial charge in [0.15, 0.2) is 18.9 Å². The number of hydrogen-bond donors (Lipinski definition) is 12. The van der Waals surface area contributed by atoms with E-state index in [2.05, 4.69) is 19.2 Å². The number of unbranched alkanes of at least 4 members (excludes halogenated alkanes) is 24. The highest BCUT2D eigenvalue weighted by atomic mass is 16.8. The zero-order valence-corrected chi connectivity index (χ0v) is 43.2.